The fourth-order valence-corrected chi connectivity index (χ4v) is 4.46. The summed E-state index contributed by atoms with van der Waals surface area (Å²) in [5, 5.41) is 16.6. The van der Waals surface area contributed by atoms with Crippen molar-refractivity contribution in [3.8, 4) is 11.4 Å². The minimum atomic E-state index is -0.115. The first-order valence-corrected chi connectivity index (χ1v) is 10.7. The molecule has 0 bridgehead atoms. The van der Waals surface area contributed by atoms with Crippen molar-refractivity contribution in [3.05, 3.63) is 66.0 Å². The Labute approximate surface area is 186 Å². The van der Waals surface area contributed by atoms with Crippen LogP contribution in [0.25, 0.3) is 16.7 Å². The summed E-state index contributed by atoms with van der Waals surface area (Å²) < 4.78 is 7.24. The van der Waals surface area contributed by atoms with Crippen LogP contribution < -0.4 is 10.1 Å². The smallest absolute Gasteiger partial charge is 0.244 e. The maximum Gasteiger partial charge on any atom is 0.244 e. The number of fused-ring (bicyclic) bond motifs is 2. The lowest BCUT2D eigenvalue weighted by atomic mass is 9.74. The Hall–Kier alpha value is -3.68. The van der Waals surface area contributed by atoms with Crippen molar-refractivity contribution >= 4 is 16.9 Å². The van der Waals surface area contributed by atoms with Gasteiger partial charge in [0.15, 0.2) is 0 Å². The SMILES string of the molecule is COc1ccc(-n2ncc3c2CC(C)(C)CC3NC(=O)Cn2nc3ccccc3n2)cc1. The predicted octanol–water partition coefficient (Wildman–Crippen LogP) is 3.46. The van der Waals surface area contributed by atoms with Crippen LogP contribution in [-0.2, 0) is 17.8 Å². The molecular weight excluding hydrogens is 404 g/mol. The van der Waals surface area contributed by atoms with Gasteiger partial charge >= 0.3 is 0 Å². The molecule has 0 aliphatic heterocycles. The molecular formula is C24H26N6O2. The van der Waals surface area contributed by atoms with Crippen LogP contribution in [0, 0.1) is 5.41 Å². The molecule has 0 saturated heterocycles. The van der Waals surface area contributed by atoms with Crippen LogP contribution >= 0.6 is 0 Å². The van der Waals surface area contributed by atoms with Crippen molar-refractivity contribution in [3.63, 3.8) is 0 Å². The maximum atomic E-state index is 12.9. The number of hydrogen-bond acceptors (Lipinski definition) is 5. The van der Waals surface area contributed by atoms with E-state index in [1.54, 1.807) is 7.11 Å². The van der Waals surface area contributed by atoms with Crippen LogP contribution in [0.5, 0.6) is 5.75 Å². The standard InChI is InChI=1S/C24H26N6O2/c1-24(2)12-21(26-23(31)15-29-27-19-6-4-5-7-20(19)28-29)18-14-25-30(22(18)13-24)16-8-10-17(32-3)11-9-16/h4-11,14,21H,12-13,15H2,1-3H3,(H,26,31). The third-order valence-corrected chi connectivity index (χ3v) is 5.94. The van der Waals surface area contributed by atoms with Gasteiger partial charge in [-0.2, -0.15) is 20.1 Å². The highest BCUT2D eigenvalue weighted by molar-refractivity contribution is 5.77. The number of nitrogens with one attached hydrogen (secondary N) is 1. The van der Waals surface area contributed by atoms with Crippen molar-refractivity contribution in [1.29, 1.82) is 0 Å². The minimum Gasteiger partial charge on any atom is -0.497 e. The van der Waals surface area contributed by atoms with E-state index in [0.717, 1.165) is 46.6 Å². The Bertz CT molecular complexity index is 1240. The second-order valence-corrected chi connectivity index (χ2v) is 9.04. The van der Waals surface area contributed by atoms with Gasteiger partial charge in [-0.1, -0.05) is 26.0 Å². The van der Waals surface area contributed by atoms with E-state index in [0.29, 0.717) is 0 Å². The Morgan fingerprint density at radius 1 is 1.12 bits per heavy atom. The zero-order valence-electron chi connectivity index (χ0n) is 18.4. The second-order valence-electron chi connectivity index (χ2n) is 9.04. The molecule has 2 heterocycles. The highest BCUT2D eigenvalue weighted by Crippen LogP contribution is 2.41. The Morgan fingerprint density at radius 2 is 1.81 bits per heavy atom. The number of nitrogens with zero attached hydrogens (tertiary/aromatic N) is 5. The van der Waals surface area contributed by atoms with Gasteiger partial charge in [0.25, 0.3) is 0 Å². The minimum absolute atomic E-state index is 0.0217. The van der Waals surface area contributed by atoms with Gasteiger partial charge in [-0.15, -0.1) is 0 Å². The monoisotopic (exact) mass is 430 g/mol. The van der Waals surface area contributed by atoms with Crippen LogP contribution in [0.2, 0.25) is 0 Å². The Kier molecular flexibility index (Phi) is 4.92. The predicted molar refractivity (Wildman–Crippen MR) is 121 cm³/mol. The molecule has 8 nitrogen and oxygen atoms in total. The summed E-state index contributed by atoms with van der Waals surface area (Å²) in [7, 11) is 1.65. The number of benzene rings is 2. The van der Waals surface area contributed by atoms with Crippen LogP contribution in [0.3, 0.4) is 0 Å². The lowest BCUT2D eigenvalue weighted by Gasteiger charge is -2.36. The molecule has 0 spiro atoms. The number of rotatable bonds is 5. The second kappa shape index (κ2) is 7.78. The van der Waals surface area contributed by atoms with Gasteiger partial charge < -0.3 is 10.1 Å². The van der Waals surface area contributed by atoms with Crippen molar-refractivity contribution in [1.82, 2.24) is 30.1 Å². The third-order valence-electron chi connectivity index (χ3n) is 5.94. The normalized spacial score (nSPS) is 17.2. The van der Waals surface area contributed by atoms with Crippen LogP contribution in [-0.4, -0.2) is 37.8 Å². The molecule has 5 rings (SSSR count). The van der Waals surface area contributed by atoms with Gasteiger partial charge in [-0.25, -0.2) is 4.68 Å². The lowest BCUT2D eigenvalue weighted by molar-refractivity contribution is -0.123. The first kappa shape index (κ1) is 20.2. The van der Waals surface area contributed by atoms with E-state index in [1.807, 2.05) is 59.4 Å². The largest absolute Gasteiger partial charge is 0.497 e. The van der Waals surface area contributed by atoms with E-state index in [-0.39, 0.29) is 23.9 Å². The summed E-state index contributed by atoms with van der Waals surface area (Å²) in [6.07, 6.45) is 3.60. The summed E-state index contributed by atoms with van der Waals surface area (Å²) in [5.74, 6) is 0.691. The molecule has 2 aromatic carbocycles. The average Bonchev–Trinajstić information content (AvgIpc) is 3.36. The van der Waals surface area contributed by atoms with Gasteiger partial charge in [-0.3, -0.25) is 4.79 Å². The number of methoxy groups -OCH3 is 1. The van der Waals surface area contributed by atoms with Crippen LogP contribution in [0.4, 0.5) is 0 Å². The summed E-state index contributed by atoms with van der Waals surface area (Å²) in [6.45, 7) is 4.53. The highest BCUT2D eigenvalue weighted by atomic mass is 16.5. The van der Waals surface area contributed by atoms with Gasteiger partial charge in [0.1, 0.15) is 23.3 Å². The number of hydrogen-bond donors (Lipinski definition) is 1. The number of amides is 1. The molecule has 4 aromatic rings. The van der Waals surface area contributed by atoms with E-state index >= 15 is 0 Å². The topological polar surface area (TPSA) is 86.9 Å². The highest BCUT2D eigenvalue weighted by Gasteiger charge is 2.36. The fraction of sp³-hybridized carbons (Fsp3) is 0.333. The fourth-order valence-electron chi connectivity index (χ4n) is 4.46. The molecule has 1 amide bonds. The number of ether oxygens (including phenoxy) is 1. The molecule has 32 heavy (non-hydrogen) atoms. The van der Waals surface area contributed by atoms with Crippen molar-refractivity contribution in [2.45, 2.75) is 39.3 Å². The Morgan fingerprint density at radius 3 is 2.47 bits per heavy atom. The van der Waals surface area contributed by atoms with E-state index in [2.05, 4.69) is 34.5 Å². The average molecular weight is 431 g/mol. The summed E-state index contributed by atoms with van der Waals surface area (Å²) in [5.41, 5.74) is 4.74. The first-order chi connectivity index (χ1) is 15.4. The number of aromatic nitrogens is 5. The first-order valence-electron chi connectivity index (χ1n) is 10.7. The summed E-state index contributed by atoms with van der Waals surface area (Å²) in [6, 6.07) is 15.3. The zero-order valence-corrected chi connectivity index (χ0v) is 18.4. The van der Waals surface area contributed by atoms with E-state index in [9.17, 15) is 4.79 Å². The molecule has 0 radical (unpaired) electrons. The molecule has 1 N–H and O–H groups in total. The number of carbonyl (C=O) groups is 1. The number of carbonyl (C=O) groups excluding carboxylic acids is 1. The summed E-state index contributed by atoms with van der Waals surface area (Å²) in [4.78, 5) is 14.3. The molecule has 8 heteroatoms. The third kappa shape index (κ3) is 3.84. The van der Waals surface area contributed by atoms with Crippen molar-refractivity contribution in [2.75, 3.05) is 7.11 Å². The zero-order chi connectivity index (χ0) is 22.3. The molecule has 1 aliphatic rings. The molecule has 0 fully saturated rings. The molecule has 0 saturated carbocycles. The molecule has 1 aliphatic carbocycles. The van der Waals surface area contributed by atoms with E-state index < -0.39 is 0 Å². The Balaban J connectivity index is 1.39. The van der Waals surface area contributed by atoms with Gasteiger partial charge in [-0.05, 0) is 54.7 Å². The van der Waals surface area contributed by atoms with Crippen molar-refractivity contribution in [2.24, 2.45) is 5.41 Å². The summed E-state index contributed by atoms with van der Waals surface area (Å²) >= 11 is 0. The van der Waals surface area contributed by atoms with Crippen molar-refractivity contribution < 1.29 is 9.53 Å². The molecule has 2 aromatic heterocycles. The maximum absolute atomic E-state index is 12.9. The van der Waals surface area contributed by atoms with Crippen LogP contribution in [0.15, 0.2) is 54.7 Å². The molecule has 164 valence electrons. The lowest BCUT2D eigenvalue weighted by Crippen LogP contribution is -2.38. The van der Waals surface area contributed by atoms with Gasteiger partial charge in [0, 0.05) is 5.56 Å². The van der Waals surface area contributed by atoms with E-state index in [4.69, 9.17) is 4.74 Å². The van der Waals surface area contributed by atoms with Gasteiger partial charge in [0.05, 0.1) is 30.7 Å². The quantitative estimate of drug-likeness (QED) is 0.524. The van der Waals surface area contributed by atoms with Gasteiger partial charge in [0.2, 0.25) is 5.91 Å². The van der Waals surface area contributed by atoms with Crippen LogP contribution in [0.1, 0.15) is 37.6 Å². The van der Waals surface area contributed by atoms with E-state index in [1.165, 1.54) is 4.80 Å². The molecule has 1 atom stereocenters. The molecule has 1 unspecified atom stereocenters.